The van der Waals surface area contributed by atoms with Crippen molar-refractivity contribution < 1.29 is 14.3 Å². The van der Waals surface area contributed by atoms with Crippen molar-refractivity contribution in [3.8, 4) is 11.5 Å². The van der Waals surface area contributed by atoms with Crippen LogP contribution >= 0.6 is 12.4 Å². The maximum atomic E-state index is 12.8. The van der Waals surface area contributed by atoms with Crippen molar-refractivity contribution in [3.05, 3.63) is 23.8 Å². The highest BCUT2D eigenvalue weighted by molar-refractivity contribution is 5.85. The second-order valence-electron chi connectivity index (χ2n) is 8.00. The molecule has 27 heavy (non-hydrogen) atoms. The highest BCUT2D eigenvalue weighted by atomic mass is 35.5. The van der Waals surface area contributed by atoms with Crippen LogP contribution in [0.3, 0.4) is 0 Å². The van der Waals surface area contributed by atoms with Crippen molar-refractivity contribution in [2.75, 3.05) is 14.2 Å². The van der Waals surface area contributed by atoms with Crippen molar-refractivity contribution in [1.82, 2.24) is 5.32 Å². The van der Waals surface area contributed by atoms with Crippen LogP contribution in [0.1, 0.15) is 44.6 Å². The first kappa shape index (κ1) is 21.8. The van der Waals surface area contributed by atoms with Gasteiger partial charge in [0.1, 0.15) is 0 Å². The average Bonchev–Trinajstić information content (AvgIpc) is 2.61. The standard InChI is InChI=1S/C21H32N2O3.ClH/c1-13(9-14-7-8-18(25-2)19(10-14)26-3)23-21(24)17-11-15-5-4-6-16(12-17)20(15)22;/h7-8,10,13,15-17,20H,4-6,9,11-12,22H2,1-3H3,(H,23,24);1H. The summed E-state index contributed by atoms with van der Waals surface area (Å²) < 4.78 is 10.6. The lowest BCUT2D eigenvalue weighted by Gasteiger charge is -2.43. The minimum absolute atomic E-state index is 0. The van der Waals surface area contributed by atoms with Gasteiger partial charge in [0, 0.05) is 18.0 Å². The molecule has 5 nitrogen and oxygen atoms in total. The van der Waals surface area contributed by atoms with Crippen molar-refractivity contribution >= 4 is 18.3 Å². The van der Waals surface area contributed by atoms with Gasteiger partial charge in [0.05, 0.1) is 14.2 Å². The number of rotatable bonds is 6. The van der Waals surface area contributed by atoms with Gasteiger partial charge in [-0.2, -0.15) is 0 Å². The molecule has 1 aromatic rings. The van der Waals surface area contributed by atoms with E-state index in [4.69, 9.17) is 15.2 Å². The summed E-state index contributed by atoms with van der Waals surface area (Å²) in [6.45, 7) is 2.06. The van der Waals surface area contributed by atoms with Crippen LogP contribution in [-0.2, 0) is 11.2 Å². The third-order valence-electron chi connectivity index (χ3n) is 6.16. The summed E-state index contributed by atoms with van der Waals surface area (Å²) in [5, 5.41) is 3.22. The Morgan fingerprint density at radius 1 is 1.19 bits per heavy atom. The van der Waals surface area contributed by atoms with Crippen LogP contribution in [-0.4, -0.2) is 32.2 Å². The van der Waals surface area contributed by atoms with Crippen LogP contribution in [0.5, 0.6) is 11.5 Å². The molecule has 152 valence electrons. The smallest absolute Gasteiger partial charge is 0.223 e. The molecule has 2 bridgehead atoms. The van der Waals surface area contributed by atoms with Crippen LogP contribution in [0, 0.1) is 17.8 Å². The molecule has 1 aromatic carbocycles. The van der Waals surface area contributed by atoms with Gasteiger partial charge in [0.2, 0.25) is 5.91 Å². The normalized spacial score (nSPS) is 27.9. The van der Waals surface area contributed by atoms with Gasteiger partial charge in [-0.05, 0) is 68.6 Å². The molecule has 2 aliphatic carbocycles. The zero-order valence-corrected chi connectivity index (χ0v) is 17.4. The summed E-state index contributed by atoms with van der Waals surface area (Å²) >= 11 is 0. The fourth-order valence-corrected chi connectivity index (χ4v) is 4.78. The molecular weight excluding hydrogens is 364 g/mol. The summed E-state index contributed by atoms with van der Waals surface area (Å²) in [6.07, 6.45) is 6.31. The number of benzene rings is 1. The number of ether oxygens (including phenoxy) is 2. The topological polar surface area (TPSA) is 73.6 Å². The molecule has 0 aromatic heterocycles. The van der Waals surface area contributed by atoms with Crippen LogP contribution < -0.4 is 20.5 Å². The van der Waals surface area contributed by atoms with Crippen molar-refractivity contribution in [2.45, 2.75) is 57.5 Å². The molecule has 0 aliphatic heterocycles. The van der Waals surface area contributed by atoms with Gasteiger partial charge in [-0.1, -0.05) is 12.5 Å². The number of carbonyl (C=O) groups excluding carboxylic acids is 1. The number of carbonyl (C=O) groups is 1. The van der Waals surface area contributed by atoms with E-state index in [0.29, 0.717) is 17.9 Å². The summed E-state index contributed by atoms with van der Waals surface area (Å²) in [5.41, 5.74) is 7.47. The number of fused-ring (bicyclic) bond motifs is 2. The SMILES string of the molecule is COc1ccc(CC(C)NC(=O)C2CC3CCCC(C2)C3N)cc1OC.Cl. The third kappa shape index (κ3) is 5.08. The van der Waals surface area contributed by atoms with Crippen LogP contribution in [0.2, 0.25) is 0 Å². The molecule has 0 spiro atoms. The molecule has 3 rings (SSSR count). The summed E-state index contributed by atoms with van der Waals surface area (Å²) in [6, 6.07) is 6.29. The molecule has 3 N–H and O–H groups in total. The van der Waals surface area contributed by atoms with Gasteiger partial charge in [-0.25, -0.2) is 0 Å². The van der Waals surface area contributed by atoms with Crippen LogP contribution in [0.25, 0.3) is 0 Å². The second-order valence-corrected chi connectivity index (χ2v) is 8.00. The number of nitrogens with one attached hydrogen (secondary N) is 1. The van der Waals surface area contributed by atoms with Crippen molar-refractivity contribution in [3.63, 3.8) is 0 Å². The minimum atomic E-state index is 0. The third-order valence-corrected chi connectivity index (χ3v) is 6.16. The number of hydrogen-bond donors (Lipinski definition) is 2. The molecule has 1 amide bonds. The molecule has 0 saturated heterocycles. The number of amides is 1. The molecular formula is C21H33ClN2O3. The molecule has 2 fully saturated rings. The van der Waals surface area contributed by atoms with Gasteiger partial charge in [-0.15, -0.1) is 12.4 Å². The van der Waals surface area contributed by atoms with E-state index in [1.165, 1.54) is 19.3 Å². The monoisotopic (exact) mass is 396 g/mol. The van der Waals surface area contributed by atoms with Gasteiger partial charge >= 0.3 is 0 Å². The van der Waals surface area contributed by atoms with E-state index >= 15 is 0 Å². The predicted molar refractivity (Wildman–Crippen MR) is 110 cm³/mol. The molecule has 3 unspecified atom stereocenters. The molecule has 0 heterocycles. The Bertz CT molecular complexity index is 626. The van der Waals surface area contributed by atoms with Crippen LogP contribution in [0.15, 0.2) is 18.2 Å². The van der Waals surface area contributed by atoms with E-state index in [2.05, 4.69) is 12.2 Å². The maximum Gasteiger partial charge on any atom is 0.223 e. The number of halogens is 1. The first-order valence-corrected chi connectivity index (χ1v) is 9.78. The first-order valence-electron chi connectivity index (χ1n) is 9.78. The maximum absolute atomic E-state index is 12.8. The van der Waals surface area contributed by atoms with Gasteiger partial charge in [0.15, 0.2) is 11.5 Å². The van der Waals surface area contributed by atoms with E-state index in [0.717, 1.165) is 36.3 Å². The van der Waals surface area contributed by atoms with E-state index in [9.17, 15) is 4.79 Å². The zero-order valence-electron chi connectivity index (χ0n) is 16.6. The average molecular weight is 397 g/mol. The van der Waals surface area contributed by atoms with Gasteiger partial charge in [0.25, 0.3) is 0 Å². The predicted octanol–water partition coefficient (Wildman–Crippen LogP) is 3.33. The number of hydrogen-bond acceptors (Lipinski definition) is 4. The fraction of sp³-hybridized carbons (Fsp3) is 0.667. The molecule has 3 atom stereocenters. The lowest BCUT2D eigenvalue weighted by atomic mass is 9.65. The highest BCUT2D eigenvalue weighted by Gasteiger charge is 2.40. The summed E-state index contributed by atoms with van der Waals surface area (Å²) in [5.74, 6) is 2.81. The Balaban J connectivity index is 0.00000261. The lowest BCUT2D eigenvalue weighted by molar-refractivity contribution is -0.128. The minimum Gasteiger partial charge on any atom is -0.493 e. The second kappa shape index (κ2) is 9.65. The van der Waals surface area contributed by atoms with Crippen LogP contribution in [0.4, 0.5) is 0 Å². The summed E-state index contributed by atoms with van der Waals surface area (Å²) in [4.78, 5) is 12.8. The largest absolute Gasteiger partial charge is 0.493 e. The molecule has 0 radical (unpaired) electrons. The fourth-order valence-electron chi connectivity index (χ4n) is 4.78. The number of nitrogens with two attached hydrogens (primary N) is 1. The Morgan fingerprint density at radius 2 is 1.81 bits per heavy atom. The Hall–Kier alpha value is -1.46. The van der Waals surface area contributed by atoms with Gasteiger partial charge < -0.3 is 20.5 Å². The Labute approximate surface area is 168 Å². The first-order chi connectivity index (χ1) is 12.5. The highest BCUT2D eigenvalue weighted by Crippen LogP contribution is 2.41. The van der Waals surface area contributed by atoms with E-state index < -0.39 is 0 Å². The molecule has 2 aliphatic rings. The quantitative estimate of drug-likeness (QED) is 0.773. The van der Waals surface area contributed by atoms with Gasteiger partial charge in [-0.3, -0.25) is 4.79 Å². The van der Waals surface area contributed by atoms with Crippen molar-refractivity contribution in [2.24, 2.45) is 23.5 Å². The van der Waals surface area contributed by atoms with Crippen molar-refractivity contribution in [1.29, 1.82) is 0 Å². The number of methoxy groups -OCH3 is 2. The lowest BCUT2D eigenvalue weighted by Crippen LogP contribution is -2.50. The van der Waals surface area contributed by atoms with E-state index in [1.807, 2.05) is 18.2 Å². The molecule has 2 saturated carbocycles. The van der Waals surface area contributed by atoms with E-state index in [1.54, 1.807) is 14.2 Å². The summed E-state index contributed by atoms with van der Waals surface area (Å²) in [7, 11) is 3.27. The Morgan fingerprint density at radius 3 is 2.41 bits per heavy atom. The van der Waals surface area contributed by atoms with E-state index in [-0.39, 0.29) is 30.3 Å². The molecule has 6 heteroatoms. The Kier molecular flexibility index (Phi) is 7.80. The zero-order chi connectivity index (χ0) is 18.7.